The minimum Gasteiger partial charge on any atom is -0.497 e. The van der Waals surface area contributed by atoms with Crippen molar-refractivity contribution in [1.29, 1.82) is 0 Å². The number of nitrogens with zero attached hydrogens (tertiary/aromatic N) is 3. The van der Waals surface area contributed by atoms with E-state index in [1.54, 1.807) is 7.11 Å². The summed E-state index contributed by atoms with van der Waals surface area (Å²) in [5, 5.41) is 0.111. The number of aromatic nitrogens is 4. The highest BCUT2D eigenvalue weighted by atomic mass is 35.5. The molecule has 0 amide bonds. The van der Waals surface area contributed by atoms with Gasteiger partial charge in [-0.3, -0.25) is 4.57 Å². The monoisotopic (exact) mass is 290 g/mol. The number of imidazole rings is 1. The summed E-state index contributed by atoms with van der Waals surface area (Å²) in [4.78, 5) is 22.6. The number of H-pyrrole nitrogens is 1. The predicted molar refractivity (Wildman–Crippen MR) is 75.3 cm³/mol. The highest BCUT2D eigenvalue weighted by molar-refractivity contribution is 6.28. The van der Waals surface area contributed by atoms with Gasteiger partial charge in [-0.1, -0.05) is 12.1 Å². The highest BCUT2D eigenvalue weighted by Gasteiger charge is 2.09. The summed E-state index contributed by atoms with van der Waals surface area (Å²) in [6, 6.07) is 7.48. The molecule has 0 spiro atoms. The molecule has 0 aliphatic carbocycles. The average molecular weight is 291 g/mol. The quantitative estimate of drug-likeness (QED) is 0.747. The van der Waals surface area contributed by atoms with E-state index in [4.69, 9.17) is 16.3 Å². The van der Waals surface area contributed by atoms with Crippen molar-refractivity contribution in [3.05, 3.63) is 51.8 Å². The predicted octanol–water partition coefficient (Wildman–Crippen LogP) is 1.83. The van der Waals surface area contributed by atoms with E-state index in [-0.39, 0.29) is 11.0 Å². The van der Waals surface area contributed by atoms with Gasteiger partial charge in [0.25, 0.3) is 0 Å². The van der Waals surface area contributed by atoms with E-state index in [0.29, 0.717) is 17.7 Å². The molecule has 3 rings (SSSR count). The Morgan fingerprint density at radius 3 is 2.80 bits per heavy atom. The zero-order chi connectivity index (χ0) is 14.1. The molecule has 0 radical (unpaired) electrons. The SMILES string of the molecule is COc1ccc(Cn2c(=O)[nH]c3cnc(Cl)nc32)cc1. The van der Waals surface area contributed by atoms with Crippen molar-refractivity contribution in [2.75, 3.05) is 7.11 Å². The summed E-state index contributed by atoms with van der Waals surface area (Å²) in [5.41, 5.74) is 1.77. The van der Waals surface area contributed by atoms with E-state index in [2.05, 4.69) is 15.0 Å². The lowest BCUT2D eigenvalue weighted by Crippen LogP contribution is -2.17. The molecule has 0 saturated heterocycles. The van der Waals surface area contributed by atoms with Crippen LogP contribution in [0.4, 0.5) is 0 Å². The van der Waals surface area contributed by atoms with Crippen LogP contribution in [0.15, 0.2) is 35.3 Å². The molecule has 0 fully saturated rings. The number of hydrogen-bond donors (Lipinski definition) is 1. The van der Waals surface area contributed by atoms with Gasteiger partial charge >= 0.3 is 5.69 Å². The maximum absolute atomic E-state index is 11.9. The summed E-state index contributed by atoms with van der Waals surface area (Å²) in [7, 11) is 1.61. The maximum Gasteiger partial charge on any atom is 0.328 e. The van der Waals surface area contributed by atoms with Crippen molar-refractivity contribution in [2.24, 2.45) is 0 Å². The maximum atomic E-state index is 11.9. The molecule has 2 aromatic heterocycles. The number of aromatic amines is 1. The van der Waals surface area contributed by atoms with Gasteiger partial charge in [0.15, 0.2) is 5.65 Å². The summed E-state index contributed by atoms with van der Waals surface area (Å²) in [6.45, 7) is 0.399. The fraction of sp³-hybridized carbons (Fsp3) is 0.154. The fourth-order valence-corrected chi connectivity index (χ4v) is 2.11. The van der Waals surface area contributed by atoms with Crippen molar-refractivity contribution < 1.29 is 4.74 Å². The molecule has 0 bridgehead atoms. The second-order valence-corrected chi connectivity index (χ2v) is 4.58. The van der Waals surface area contributed by atoms with Gasteiger partial charge in [0.2, 0.25) is 5.28 Å². The Hall–Kier alpha value is -2.34. The molecule has 0 atom stereocenters. The third kappa shape index (κ3) is 2.25. The van der Waals surface area contributed by atoms with E-state index >= 15 is 0 Å². The summed E-state index contributed by atoms with van der Waals surface area (Å²) >= 11 is 5.77. The minimum absolute atomic E-state index is 0.111. The summed E-state index contributed by atoms with van der Waals surface area (Å²) in [5.74, 6) is 0.769. The van der Waals surface area contributed by atoms with Crippen molar-refractivity contribution in [3.63, 3.8) is 0 Å². The largest absolute Gasteiger partial charge is 0.497 e. The van der Waals surface area contributed by atoms with Gasteiger partial charge in [0.1, 0.15) is 11.3 Å². The van der Waals surface area contributed by atoms with Crippen LogP contribution in [0.3, 0.4) is 0 Å². The third-order valence-corrected chi connectivity index (χ3v) is 3.16. The molecule has 0 unspecified atom stereocenters. The van der Waals surface area contributed by atoms with Crippen LogP contribution in [-0.2, 0) is 6.54 Å². The molecule has 3 aromatic rings. The summed E-state index contributed by atoms with van der Waals surface area (Å²) in [6.07, 6.45) is 1.50. The first-order valence-corrected chi connectivity index (χ1v) is 6.29. The topological polar surface area (TPSA) is 72.8 Å². The number of halogens is 1. The standard InChI is InChI=1S/C13H11ClN4O2/c1-20-9-4-2-8(3-5-9)7-18-11-10(16-13(18)19)6-15-12(14)17-11/h2-6H,7H2,1H3,(H,16,19). The van der Waals surface area contributed by atoms with Crippen LogP contribution in [0.2, 0.25) is 5.28 Å². The van der Waals surface area contributed by atoms with E-state index in [0.717, 1.165) is 11.3 Å². The van der Waals surface area contributed by atoms with Crippen LogP contribution in [0.25, 0.3) is 11.2 Å². The van der Waals surface area contributed by atoms with Gasteiger partial charge in [-0.15, -0.1) is 0 Å². The van der Waals surface area contributed by atoms with Crippen LogP contribution < -0.4 is 10.4 Å². The van der Waals surface area contributed by atoms with Crippen LogP contribution in [0, 0.1) is 0 Å². The Kier molecular flexibility index (Phi) is 3.15. The lowest BCUT2D eigenvalue weighted by molar-refractivity contribution is 0.414. The zero-order valence-electron chi connectivity index (χ0n) is 10.6. The Morgan fingerprint density at radius 1 is 1.35 bits per heavy atom. The molecular formula is C13H11ClN4O2. The van der Waals surface area contributed by atoms with E-state index < -0.39 is 0 Å². The first-order chi connectivity index (χ1) is 9.67. The normalized spacial score (nSPS) is 10.9. The minimum atomic E-state index is -0.243. The first kappa shape index (κ1) is 12.7. The number of rotatable bonds is 3. The van der Waals surface area contributed by atoms with Crippen molar-refractivity contribution in [3.8, 4) is 5.75 Å². The van der Waals surface area contributed by atoms with Crippen LogP contribution in [0.1, 0.15) is 5.56 Å². The zero-order valence-corrected chi connectivity index (χ0v) is 11.4. The van der Waals surface area contributed by atoms with Crippen molar-refractivity contribution in [2.45, 2.75) is 6.54 Å². The second kappa shape index (κ2) is 4.97. The molecule has 7 heteroatoms. The smallest absolute Gasteiger partial charge is 0.328 e. The van der Waals surface area contributed by atoms with Gasteiger partial charge in [0, 0.05) is 0 Å². The van der Waals surface area contributed by atoms with E-state index in [9.17, 15) is 4.79 Å². The second-order valence-electron chi connectivity index (χ2n) is 4.24. The number of hydrogen-bond acceptors (Lipinski definition) is 4. The molecule has 1 aromatic carbocycles. The molecule has 6 nitrogen and oxygen atoms in total. The molecule has 102 valence electrons. The van der Waals surface area contributed by atoms with Gasteiger partial charge in [-0.05, 0) is 29.3 Å². The molecule has 0 saturated carbocycles. The molecule has 20 heavy (non-hydrogen) atoms. The average Bonchev–Trinajstić information content (AvgIpc) is 2.76. The van der Waals surface area contributed by atoms with Crippen molar-refractivity contribution in [1.82, 2.24) is 19.5 Å². The van der Waals surface area contributed by atoms with Crippen molar-refractivity contribution >= 4 is 22.8 Å². The molecule has 0 aliphatic heterocycles. The van der Waals surface area contributed by atoms with Gasteiger partial charge in [-0.2, -0.15) is 4.98 Å². The Bertz CT molecular complexity index is 807. The number of fused-ring (bicyclic) bond motifs is 1. The summed E-state index contributed by atoms with van der Waals surface area (Å²) < 4.78 is 6.62. The number of ether oxygens (including phenoxy) is 1. The first-order valence-electron chi connectivity index (χ1n) is 5.91. The lowest BCUT2D eigenvalue weighted by atomic mass is 10.2. The number of methoxy groups -OCH3 is 1. The number of nitrogens with one attached hydrogen (secondary N) is 1. The van der Waals surface area contributed by atoms with Crippen LogP contribution >= 0.6 is 11.6 Å². The lowest BCUT2D eigenvalue weighted by Gasteiger charge is -2.04. The molecule has 1 N–H and O–H groups in total. The Balaban J connectivity index is 2.03. The fourth-order valence-electron chi connectivity index (χ4n) is 1.99. The Labute approximate surface area is 119 Å². The van der Waals surface area contributed by atoms with E-state index in [1.165, 1.54) is 10.8 Å². The Morgan fingerprint density at radius 2 is 2.10 bits per heavy atom. The van der Waals surface area contributed by atoms with Gasteiger partial charge in [-0.25, -0.2) is 9.78 Å². The highest BCUT2D eigenvalue weighted by Crippen LogP contribution is 2.14. The molecular weight excluding hydrogens is 280 g/mol. The third-order valence-electron chi connectivity index (χ3n) is 2.98. The van der Waals surface area contributed by atoms with Crippen LogP contribution in [0.5, 0.6) is 5.75 Å². The molecule has 2 heterocycles. The molecule has 0 aliphatic rings. The van der Waals surface area contributed by atoms with Crippen LogP contribution in [-0.4, -0.2) is 26.6 Å². The van der Waals surface area contributed by atoms with Gasteiger partial charge < -0.3 is 9.72 Å². The number of benzene rings is 1. The van der Waals surface area contributed by atoms with Gasteiger partial charge in [0.05, 0.1) is 19.9 Å². The van der Waals surface area contributed by atoms with E-state index in [1.807, 2.05) is 24.3 Å².